The molecule has 1 aliphatic rings. The molecule has 6 nitrogen and oxygen atoms in total. The van der Waals surface area contributed by atoms with E-state index in [1.165, 1.54) is 10.1 Å². The van der Waals surface area contributed by atoms with E-state index in [1.807, 2.05) is 18.2 Å². The summed E-state index contributed by atoms with van der Waals surface area (Å²) >= 11 is 0. The molecular weight excluding hydrogens is 455 g/mol. The minimum Gasteiger partial charge on any atom is -0.491 e. The van der Waals surface area contributed by atoms with E-state index in [2.05, 4.69) is 35.2 Å². The second kappa shape index (κ2) is 10.3. The number of alkyl halides is 3. The molecule has 0 amide bonds. The van der Waals surface area contributed by atoms with Crippen molar-refractivity contribution < 1.29 is 17.9 Å². The molecule has 2 aromatic heterocycles. The molecule has 0 unspecified atom stereocenters. The number of methoxy groups -OCH3 is 1. The molecule has 188 valence electrons. The van der Waals surface area contributed by atoms with E-state index in [1.54, 1.807) is 20.4 Å². The van der Waals surface area contributed by atoms with Crippen LogP contribution < -0.4 is 10.1 Å². The maximum atomic E-state index is 13.0. The second-order valence-electron chi connectivity index (χ2n) is 9.54. The number of nitrogens with zero attached hydrogens (tertiary/aromatic N) is 4. The normalized spacial score (nSPS) is 18.6. The van der Waals surface area contributed by atoms with Gasteiger partial charge in [-0.25, -0.2) is 15.0 Å². The Hall–Kier alpha value is -3.10. The number of ether oxygens (including phenoxy) is 1. The highest BCUT2D eigenvalue weighted by atomic mass is 19.4. The summed E-state index contributed by atoms with van der Waals surface area (Å²) in [4.78, 5) is 13.2. The van der Waals surface area contributed by atoms with E-state index < -0.39 is 11.9 Å². The zero-order valence-electron chi connectivity index (χ0n) is 20.6. The number of rotatable bonds is 7. The van der Waals surface area contributed by atoms with E-state index in [4.69, 9.17) is 9.72 Å². The minimum atomic E-state index is -4.41. The first-order chi connectivity index (χ1) is 16.7. The van der Waals surface area contributed by atoms with Crippen molar-refractivity contribution >= 4 is 5.82 Å². The predicted molar refractivity (Wildman–Crippen MR) is 130 cm³/mol. The molecule has 0 radical (unpaired) electrons. The van der Waals surface area contributed by atoms with Crippen molar-refractivity contribution in [2.75, 3.05) is 19.0 Å². The Morgan fingerprint density at radius 3 is 2.46 bits per heavy atom. The lowest BCUT2D eigenvalue weighted by atomic mass is 9.81. The monoisotopic (exact) mass is 487 g/mol. The van der Waals surface area contributed by atoms with E-state index >= 15 is 0 Å². The highest BCUT2D eigenvalue weighted by Gasteiger charge is 2.36. The molecule has 1 aromatic carbocycles. The van der Waals surface area contributed by atoms with Crippen molar-refractivity contribution in [3.05, 3.63) is 53.7 Å². The topological polar surface area (TPSA) is 64.9 Å². The van der Waals surface area contributed by atoms with Gasteiger partial charge in [-0.3, -0.25) is 0 Å². The lowest BCUT2D eigenvalue weighted by Gasteiger charge is -2.28. The number of aromatic nitrogens is 4. The van der Waals surface area contributed by atoms with Crippen LogP contribution in [0.15, 0.2) is 36.7 Å². The third-order valence-corrected chi connectivity index (χ3v) is 6.77. The van der Waals surface area contributed by atoms with Gasteiger partial charge in [0, 0.05) is 31.3 Å². The van der Waals surface area contributed by atoms with Gasteiger partial charge in [0.2, 0.25) is 0 Å². The number of aryl methyl sites for hydroxylation is 1. The molecule has 2 heterocycles. The maximum absolute atomic E-state index is 13.0. The molecular formula is C26H32F3N5O. The molecule has 9 heteroatoms. The fraction of sp³-hybridized carbons (Fsp3) is 0.500. The highest BCUT2D eigenvalue weighted by molar-refractivity contribution is 5.64. The first-order valence-corrected chi connectivity index (χ1v) is 12.0. The molecule has 0 atom stereocenters. The van der Waals surface area contributed by atoms with Crippen LogP contribution in [0, 0.1) is 5.92 Å². The third-order valence-electron chi connectivity index (χ3n) is 6.77. The van der Waals surface area contributed by atoms with Crippen LogP contribution in [0.2, 0.25) is 0 Å². The number of hydrogen-bond acceptors (Lipinski definition) is 5. The van der Waals surface area contributed by atoms with Crippen molar-refractivity contribution in [2.45, 2.75) is 57.5 Å². The predicted octanol–water partition coefficient (Wildman–Crippen LogP) is 6.41. The molecule has 1 aliphatic carbocycles. The highest BCUT2D eigenvalue weighted by Crippen LogP contribution is 2.38. The molecule has 0 bridgehead atoms. The van der Waals surface area contributed by atoms with Crippen LogP contribution >= 0.6 is 0 Å². The summed E-state index contributed by atoms with van der Waals surface area (Å²) in [5, 5.41) is 3.44. The molecule has 1 N–H and O–H groups in total. The summed E-state index contributed by atoms with van der Waals surface area (Å²) in [6.45, 7) is 5.00. The van der Waals surface area contributed by atoms with Crippen molar-refractivity contribution in [3.8, 4) is 17.1 Å². The summed E-state index contributed by atoms with van der Waals surface area (Å²) < 4.78 is 46.1. The van der Waals surface area contributed by atoms with Crippen LogP contribution in [0.3, 0.4) is 0 Å². The van der Waals surface area contributed by atoms with Crippen molar-refractivity contribution in [2.24, 2.45) is 13.0 Å². The van der Waals surface area contributed by atoms with Crippen molar-refractivity contribution in [1.29, 1.82) is 0 Å². The summed E-state index contributed by atoms with van der Waals surface area (Å²) in [6, 6.07) is 8.13. The Bertz CT molecular complexity index is 1150. The molecule has 0 saturated heterocycles. The Balaban J connectivity index is 1.42. The number of halogens is 3. The van der Waals surface area contributed by atoms with Gasteiger partial charge in [-0.2, -0.15) is 13.2 Å². The SMILES string of the molecule is COc1cnc(-c2ccccc2C(C)C)nc1NCC1CCC(c2nc(C(F)(F)F)cn2C)CC1. The zero-order valence-corrected chi connectivity index (χ0v) is 20.6. The standard InChI is InChI=1S/C26H32F3N5O/c1-16(2)19-7-5-6-8-20(19)23-31-14-21(35-4)24(33-23)30-13-17-9-11-18(12-10-17)25-32-22(15-34(25)3)26(27,28)29/h5-8,14-18H,9-13H2,1-4H3,(H,30,31,33). The Morgan fingerprint density at radius 1 is 1.11 bits per heavy atom. The van der Waals surface area contributed by atoms with Gasteiger partial charge in [-0.1, -0.05) is 38.1 Å². The van der Waals surface area contributed by atoms with Gasteiger partial charge in [0.15, 0.2) is 23.1 Å². The molecule has 3 aromatic rings. The second-order valence-corrected chi connectivity index (χ2v) is 9.54. The first kappa shape index (κ1) is 25.0. The fourth-order valence-corrected chi connectivity index (χ4v) is 4.84. The molecule has 1 saturated carbocycles. The largest absolute Gasteiger partial charge is 0.491 e. The average molecular weight is 488 g/mol. The van der Waals surface area contributed by atoms with Gasteiger partial charge >= 0.3 is 6.18 Å². The van der Waals surface area contributed by atoms with Crippen molar-refractivity contribution in [1.82, 2.24) is 19.5 Å². The summed E-state index contributed by atoms with van der Waals surface area (Å²) in [5.41, 5.74) is 1.37. The Morgan fingerprint density at radius 2 is 1.83 bits per heavy atom. The number of hydrogen-bond donors (Lipinski definition) is 1. The molecule has 0 aliphatic heterocycles. The summed E-state index contributed by atoms with van der Waals surface area (Å²) in [6.07, 6.45) is 1.79. The quantitative estimate of drug-likeness (QED) is 0.417. The van der Waals surface area contributed by atoms with Crippen LogP contribution in [-0.2, 0) is 13.2 Å². The van der Waals surface area contributed by atoms with Gasteiger partial charge in [-0.05, 0) is 43.1 Å². The first-order valence-electron chi connectivity index (χ1n) is 12.0. The Labute approximate surface area is 204 Å². The average Bonchev–Trinajstić information content (AvgIpc) is 3.25. The minimum absolute atomic E-state index is 0.0417. The third kappa shape index (κ3) is 5.60. The number of anilines is 1. The van der Waals surface area contributed by atoms with Crippen LogP contribution in [0.1, 0.15) is 68.4 Å². The molecule has 0 spiro atoms. The van der Waals surface area contributed by atoms with Gasteiger partial charge in [0.1, 0.15) is 5.82 Å². The molecule has 35 heavy (non-hydrogen) atoms. The number of nitrogens with one attached hydrogen (secondary N) is 1. The lowest BCUT2D eigenvalue weighted by Crippen LogP contribution is -2.22. The molecule has 1 fully saturated rings. The van der Waals surface area contributed by atoms with Crippen molar-refractivity contribution in [3.63, 3.8) is 0 Å². The zero-order chi connectivity index (χ0) is 25.2. The van der Waals surface area contributed by atoms with Crippen LogP contribution in [-0.4, -0.2) is 33.2 Å². The fourth-order valence-electron chi connectivity index (χ4n) is 4.84. The number of imidazole rings is 1. The summed E-state index contributed by atoms with van der Waals surface area (Å²) in [5.74, 6) is 3.18. The lowest BCUT2D eigenvalue weighted by molar-refractivity contribution is -0.141. The summed E-state index contributed by atoms with van der Waals surface area (Å²) in [7, 11) is 3.24. The van der Waals surface area contributed by atoms with Gasteiger partial charge in [0.25, 0.3) is 0 Å². The van der Waals surface area contributed by atoms with E-state index in [0.29, 0.717) is 41.6 Å². The van der Waals surface area contributed by atoms with E-state index in [-0.39, 0.29) is 5.92 Å². The van der Waals surface area contributed by atoms with Gasteiger partial charge in [0.05, 0.1) is 13.3 Å². The van der Waals surface area contributed by atoms with Gasteiger partial charge in [-0.15, -0.1) is 0 Å². The smallest absolute Gasteiger partial charge is 0.434 e. The Kier molecular flexibility index (Phi) is 7.33. The van der Waals surface area contributed by atoms with E-state index in [0.717, 1.165) is 37.4 Å². The van der Waals surface area contributed by atoms with Gasteiger partial charge < -0.3 is 14.6 Å². The molecule has 4 rings (SSSR count). The van der Waals surface area contributed by atoms with E-state index in [9.17, 15) is 13.2 Å². The maximum Gasteiger partial charge on any atom is 0.434 e. The van der Waals surface area contributed by atoms with Crippen LogP contribution in [0.5, 0.6) is 5.75 Å². The van der Waals surface area contributed by atoms with Crippen LogP contribution in [0.25, 0.3) is 11.4 Å². The van der Waals surface area contributed by atoms with Crippen LogP contribution in [0.4, 0.5) is 19.0 Å². The number of benzene rings is 1.